The second kappa shape index (κ2) is 7.61. The Morgan fingerprint density at radius 2 is 1.96 bits per heavy atom. The number of guanidine groups is 1. The molecule has 0 bridgehead atoms. The third-order valence-electron chi connectivity index (χ3n) is 5.06. The van der Waals surface area contributed by atoms with E-state index in [9.17, 15) is 8.42 Å². The highest BCUT2D eigenvalue weighted by Gasteiger charge is 2.30. The molecule has 7 N–H and O–H groups in total. The zero-order valence-corrected chi connectivity index (χ0v) is 15.9. The number of nitrogens with two attached hydrogens (primary N) is 3. The summed E-state index contributed by atoms with van der Waals surface area (Å²) in [7, 11) is -3.95. The first-order valence-corrected chi connectivity index (χ1v) is 10.3. The lowest BCUT2D eigenvalue weighted by Gasteiger charge is -2.29. The van der Waals surface area contributed by atoms with Crippen LogP contribution in [0.15, 0.2) is 22.0 Å². The molecule has 2 aromatic rings. The summed E-state index contributed by atoms with van der Waals surface area (Å²) in [5.74, 6) is 0.934. The van der Waals surface area contributed by atoms with Crippen molar-refractivity contribution in [2.45, 2.75) is 43.4 Å². The topological polar surface area (TPSA) is 179 Å². The normalized spacial score (nSPS) is 20.4. The van der Waals surface area contributed by atoms with Crippen molar-refractivity contribution in [3.05, 3.63) is 23.3 Å². The number of primary sulfonamides is 1. The number of aromatic amines is 1. The van der Waals surface area contributed by atoms with Gasteiger partial charge in [0.25, 0.3) is 0 Å². The summed E-state index contributed by atoms with van der Waals surface area (Å²) in [5.41, 5.74) is 12.7. The number of tetrazole rings is 1. The Hall–Kier alpha value is -2.53. The summed E-state index contributed by atoms with van der Waals surface area (Å²) < 4.78 is 24.5. The Labute approximate surface area is 157 Å². The zero-order chi connectivity index (χ0) is 19.6. The molecule has 0 unspecified atom stereocenters. The highest BCUT2D eigenvalue weighted by Crippen LogP contribution is 2.42. The van der Waals surface area contributed by atoms with E-state index in [1.807, 2.05) is 6.07 Å². The van der Waals surface area contributed by atoms with Crippen LogP contribution in [0.2, 0.25) is 0 Å². The van der Waals surface area contributed by atoms with Gasteiger partial charge in [0, 0.05) is 12.1 Å². The number of aromatic nitrogens is 4. The third kappa shape index (κ3) is 4.25. The van der Waals surface area contributed by atoms with Gasteiger partial charge in [-0.2, -0.15) is 5.21 Å². The molecule has 11 heteroatoms. The van der Waals surface area contributed by atoms with E-state index in [-0.39, 0.29) is 22.6 Å². The van der Waals surface area contributed by atoms with Crippen molar-refractivity contribution in [2.24, 2.45) is 27.5 Å². The minimum atomic E-state index is -3.95. The number of H-pyrrole nitrogens is 1. The first kappa shape index (κ1) is 19.2. The summed E-state index contributed by atoms with van der Waals surface area (Å²) >= 11 is 0. The largest absolute Gasteiger partial charge is 0.370 e. The molecule has 1 fully saturated rings. The number of rotatable bonds is 5. The molecule has 0 aliphatic heterocycles. The fourth-order valence-corrected chi connectivity index (χ4v) is 4.81. The zero-order valence-electron chi connectivity index (χ0n) is 15.1. The van der Waals surface area contributed by atoms with E-state index in [1.54, 1.807) is 13.0 Å². The maximum absolute atomic E-state index is 12.3. The summed E-state index contributed by atoms with van der Waals surface area (Å²) in [6.45, 7) is 2.32. The van der Waals surface area contributed by atoms with Crippen LogP contribution in [0, 0.1) is 12.8 Å². The standard InChI is InChI=1S/C16H24N8O2S/c1-9-2-7-12(11-5-3-10(4-6-11)8-20-16(17)18)13(14(9)27(19,25)26)15-21-23-24-22-15/h2,7,10-11H,3-6,8H2,1H3,(H4,17,18,20)(H2,19,25,26)(H,21,22,23,24). The highest BCUT2D eigenvalue weighted by molar-refractivity contribution is 7.89. The van der Waals surface area contributed by atoms with E-state index in [0.717, 1.165) is 31.2 Å². The molecule has 3 rings (SSSR count). The molecule has 1 aliphatic carbocycles. The number of aliphatic imine (C=N–C) groups is 1. The van der Waals surface area contributed by atoms with E-state index in [0.29, 0.717) is 23.6 Å². The first-order chi connectivity index (χ1) is 12.8. The van der Waals surface area contributed by atoms with Crippen molar-refractivity contribution in [1.29, 1.82) is 0 Å². The van der Waals surface area contributed by atoms with Gasteiger partial charge in [-0.15, -0.1) is 10.2 Å². The average Bonchev–Trinajstić information content (AvgIpc) is 3.13. The van der Waals surface area contributed by atoms with E-state index >= 15 is 0 Å². The van der Waals surface area contributed by atoms with Crippen LogP contribution >= 0.6 is 0 Å². The lowest BCUT2D eigenvalue weighted by molar-refractivity contribution is 0.333. The molecule has 10 nitrogen and oxygen atoms in total. The quantitative estimate of drug-likeness (QED) is 0.419. The number of hydrogen-bond donors (Lipinski definition) is 4. The van der Waals surface area contributed by atoms with Crippen molar-refractivity contribution >= 4 is 16.0 Å². The van der Waals surface area contributed by atoms with E-state index in [1.165, 1.54) is 0 Å². The minimum Gasteiger partial charge on any atom is -0.370 e. The molecule has 146 valence electrons. The highest BCUT2D eigenvalue weighted by atomic mass is 32.2. The average molecular weight is 392 g/mol. The van der Waals surface area contributed by atoms with Crippen LogP contribution in [0.3, 0.4) is 0 Å². The maximum Gasteiger partial charge on any atom is 0.239 e. The number of benzene rings is 1. The van der Waals surface area contributed by atoms with Crippen LogP contribution in [0.4, 0.5) is 0 Å². The number of hydrogen-bond acceptors (Lipinski definition) is 6. The summed E-state index contributed by atoms with van der Waals surface area (Å²) in [4.78, 5) is 4.17. The van der Waals surface area contributed by atoms with Crippen LogP contribution < -0.4 is 16.6 Å². The molecule has 1 aromatic heterocycles. The van der Waals surface area contributed by atoms with Crippen molar-refractivity contribution in [2.75, 3.05) is 6.54 Å². The molecular weight excluding hydrogens is 368 g/mol. The lowest BCUT2D eigenvalue weighted by Crippen LogP contribution is -2.25. The van der Waals surface area contributed by atoms with Crippen molar-refractivity contribution in [3.8, 4) is 11.4 Å². The first-order valence-electron chi connectivity index (χ1n) is 8.73. The third-order valence-corrected chi connectivity index (χ3v) is 6.15. The van der Waals surface area contributed by atoms with Crippen LogP contribution in [0.5, 0.6) is 0 Å². The van der Waals surface area contributed by atoms with Gasteiger partial charge in [-0.3, -0.25) is 4.99 Å². The van der Waals surface area contributed by atoms with Crippen LogP contribution in [0.1, 0.15) is 42.7 Å². The van der Waals surface area contributed by atoms with Crippen LogP contribution in [-0.4, -0.2) is 41.5 Å². The van der Waals surface area contributed by atoms with Crippen molar-refractivity contribution in [3.63, 3.8) is 0 Å². The van der Waals surface area contributed by atoms with Gasteiger partial charge in [-0.1, -0.05) is 12.1 Å². The van der Waals surface area contributed by atoms with E-state index in [4.69, 9.17) is 16.6 Å². The molecule has 1 aliphatic rings. The number of sulfonamides is 1. The smallest absolute Gasteiger partial charge is 0.239 e. The molecule has 1 aromatic carbocycles. The summed E-state index contributed by atoms with van der Waals surface area (Å²) in [5, 5.41) is 19.5. The molecule has 0 radical (unpaired) electrons. The SMILES string of the molecule is Cc1ccc(C2CCC(CN=C(N)N)CC2)c(-c2nn[nH]n2)c1S(N)(=O)=O. The molecule has 27 heavy (non-hydrogen) atoms. The van der Waals surface area contributed by atoms with Gasteiger partial charge in [0.2, 0.25) is 15.8 Å². The Kier molecular flexibility index (Phi) is 5.42. The van der Waals surface area contributed by atoms with Crippen LogP contribution in [-0.2, 0) is 10.0 Å². The van der Waals surface area contributed by atoms with E-state index in [2.05, 4.69) is 25.6 Å². The van der Waals surface area contributed by atoms with E-state index < -0.39 is 10.0 Å². The summed E-state index contributed by atoms with van der Waals surface area (Å²) in [6, 6.07) is 3.72. The molecular formula is C16H24N8O2S. The molecule has 0 atom stereocenters. The van der Waals surface area contributed by atoms with Crippen molar-refractivity contribution < 1.29 is 8.42 Å². The second-order valence-electron chi connectivity index (χ2n) is 6.94. The number of nitrogens with one attached hydrogen (secondary N) is 1. The fourth-order valence-electron chi connectivity index (χ4n) is 3.80. The molecule has 0 spiro atoms. The van der Waals surface area contributed by atoms with Gasteiger partial charge in [0.1, 0.15) is 0 Å². The molecule has 1 heterocycles. The van der Waals surface area contributed by atoms with Gasteiger partial charge < -0.3 is 11.5 Å². The van der Waals surface area contributed by atoms with Gasteiger partial charge in [-0.25, -0.2) is 13.6 Å². The van der Waals surface area contributed by atoms with Gasteiger partial charge in [0.15, 0.2) is 5.96 Å². The van der Waals surface area contributed by atoms with Gasteiger partial charge in [0.05, 0.1) is 4.90 Å². The number of aryl methyl sites for hydroxylation is 1. The lowest BCUT2D eigenvalue weighted by atomic mass is 9.77. The predicted octanol–water partition coefficient (Wildman–Crippen LogP) is 0.370. The fraction of sp³-hybridized carbons (Fsp3) is 0.500. The Morgan fingerprint density at radius 3 is 2.52 bits per heavy atom. The maximum atomic E-state index is 12.3. The molecule has 1 saturated carbocycles. The van der Waals surface area contributed by atoms with Gasteiger partial charge in [-0.05, 0) is 60.8 Å². The van der Waals surface area contributed by atoms with Crippen molar-refractivity contribution in [1.82, 2.24) is 20.6 Å². The molecule has 0 saturated heterocycles. The Morgan fingerprint density at radius 1 is 1.26 bits per heavy atom. The van der Waals surface area contributed by atoms with Crippen LogP contribution in [0.25, 0.3) is 11.4 Å². The predicted molar refractivity (Wildman–Crippen MR) is 101 cm³/mol. The monoisotopic (exact) mass is 392 g/mol. The summed E-state index contributed by atoms with van der Waals surface area (Å²) in [6.07, 6.45) is 3.68. The minimum absolute atomic E-state index is 0.0593. The second-order valence-corrected chi connectivity index (χ2v) is 8.44. The van der Waals surface area contributed by atoms with Gasteiger partial charge >= 0.3 is 0 Å². The number of nitrogens with zero attached hydrogens (tertiary/aromatic N) is 4. The Bertz CT molecular complexity index is 928. The molecule has 0 amide bonds. The Balaban J connectivity index is 1.96.